The number of nitrogens with one attached hydrogen (secondary N) is 1. The Morgan fingerprint density at radius 2 is 1.29 bits per heavy atom. The van der Waals surface area contributed by atoms with Gasteiger partial charge in [0.2, 0.25) is 11.4 Å². The standard InChI is InChI=1S/C20H25FN2O4.C10H16BrFO2.C10H10N2O2/c1-20(2,3)27-18(24)9-4-13(10-21)12-26-17-8-7-15-16(22-17)11-23(19(15)25)14-5-6-14;1-10(2,3)14-9(13)5-4-8(6-11)7-12;13-9-4-3-7-8(11-9)5-12(10(7)14)6-1-2-6/h7-8,10,14H,4-6,9,11-12H2,1-3H3;7H,4-6H2,1-3H3;3-4,6H,1-2,5H2,(H,11,13)/b13-10-;8-7-;. The van der Waals surface area contributed by atoms with Crippen LogP contribution in [0.5, 0.6) is 5.88 Å². The summed E-state index contributed by atoms with van der Waals surface area (Å²) in [5.41, 5.74) is 2.50. The van der Waals surface area contributed by atoms with Crippen molar-refractivity contribution < 1.29 is 42.2 Å². The van der Waals surface area contributed by atoms with E-state index in [0.717, 1.165) is 31.4 Å². The molecule has 4 aliphatic rings. The third kappa shape index (κ3) is 13.7. The van der Waals surface area contributed by atoms with Crippen LogP contribution in [0.1, 0.15) is 125 Å². The van der Waals surface area contributed by atoms with E-state index in [1.165, 1.54) is 6.07 Å². The van der Waals surface area contributed by atoms with Crippen LogP contribution in [0.3, 0.4) is 0 Å². The second kappa shape index (κ2) is 19.0. The van der Waals surface area contributed by atoms with Gasteiger partial charge in [-0.25, -0.2) is 13.8 Å². The summed E-state index contributed by atoms with van der Waals surface area (Å²) in [5.74, 6) is -0.239. The molecule has 0 atom stereocenters. The highest BCUT2D eigenvalue weighted by Gasteiger charge is 2.40. The molecule has 2 aliphatic carbocycles. The van der Waals surface area contributed by atoms with E-state index in [0.29, 0.717) is 83.4 Å². The van der Waals surface area contributed by atoms with E-state index in [1.54, 1.807) is 59.7 Å². The summed E-state index contributed by atoms with van der Waals surface area (Å²) < 4.78 is 41.1. The minimum Gasteiger partial charge on any atom is -0.473 e. The number of H-pyrrole nitrogens is 1. The second-order valence-corrected chi connectivity index (χ2v) is 16.4. The van der Waals surface area contributed by atoms with Gasteiger partial charge >= 0.3 is 11.9 Å². The number of ether oxygens (including phenoxy) is 3. The Balaban J connectivity index is 0.000000202. The highest BCUT2D eigenvalue weighted by molar-refractivity contribution is 9.09. The van der Waals surface area contributed by atoms with Crippen molar-refractivity contribution in [1.82, 2.24) is 19.8 Å². The van der Waals surface area contributed by atoms with E-state index in [2.05, 4.69) is 25.9 Å². The minimum absolute atomic E-state index is 0.00856. The van der Waals surface area contributed by atoms with Crippen LogP contribution in [-0.4, -0.2) is 78.7 Å². The molecule has 0 unspecified atom stereocenters. The number of hydrogen-bond acceptors (Lipinski definition) is 9. The van der Waals surface area contributed by atoms with Crippen LogP contribution in [-0.2, 0) is 32.2 Å². The number of hydrogen-bond donors (Lipinski definition) is 1. The molecule has 6 rings (SSSR count). The number of amides is 2. The Morgan fingerprint density at radius 3 is 1.80 bits per heavy atom. The molecule has 55 heavy (non-hydrogen) atoms. The van der Waals surface area contributed by atoms with Crippen LogP contribution < -0.4 is 10.3 Å². The van der Waals surface area contributed by atoms with E-state index < -0.39 is 11.2 Å². The van der Waals surface area contributed by atoms with Crippen LogP contribution in [0.4, 0.5) is 8.78 Å². The molecule has 2 aromatic rings. The molecule has 12 nitrogen and oxygen atoms in total. The van der Waals surface area contributed by atoms with Crippen molar-refractivity contribution in [3.05, 3.63) is 80.9 Å². The fourth-order valence-corrected chi connectivity index (χ4v) is 6.05. The number of nitrogens with zero attached hydrogens (tertiary/aromatic N) is 3. The molecule has 300 valence electrons. The predicted octanol–water partition coefficient (Wildman–Crippen LogP) is 7.40. The third-order valence-corrected chi connectivity index (χ3v) is 9.30. The molecule has 1 N–H and O–H groups in total. The number of aromatic amines is 1. The number of allylic oxidation sites excluding steroid dienone is 1. The molecule has 2 amide bonds. The monoisotopic (exact) mass is 832 g/mol. The summed E-state index contributed by atoms with van der Waals surface area (Å²) in [7, 11) is 0. The molecule has 2 saturated carbocycles. The third-order valence-electron chi connectivity index (χ3n) is 8.58. The molecule has 0 spiro atoms. The lowest BCUT2D eigenvalue weighted by atomic mass is 10.1. The Labute approximate surface area is 328 Å². The number of pyridine rings is 2. The number of esters is 2. The van der Waals surface area contributed by atoms with Gasteiger partial charge in [-0.15, -0.1) is 0 Å². The average Bonchev–Trinajstić information content (AvgIpc) is 4.05. The topological polar surface area (TPSA) is 148 Å². The summed E-state index contributed by atoms with van der Waals surface area (Å²) in [6, 6.07) is 7.12. The van der Waals surface area contributed by atoms with Gasteiger partial charge in [-0.05, 0) is 103 Å². The fraction of sp³-hybridized carbons (Fsp3) is 0.550. The van der Waals surface area contributed by atoms with Gasteiger partial charge in [0.25, 0.3) is 11.8 Å². The average molecular weight is 834 g/mol. The van der Waals surface area contributed by atoms with Crippen LogP contribution >= 0.6 is 15.9 Å². The largest absolute Gasteiger partial charge is 0.473 e. The Morgan fingerprint density at radius 1 is 0.782 bits per heavy atom. The second-order valence-electron chi connectivity index (χ2n) is 15.8. The molecule has 15 heteroatoms. The maximum absolute atomic E-state index is 13.1. The molecule has 2 aromatic heterocycles. The van der Waals surface area contributed by atoms with Crippen molar-refractivity contribution in [1.29, 1.82) is 0 Å². The molecular weight excluding hydrogens is 782 g/mol. The van der Waals surface area contributed by atoms with Crippen LogP contribution in [0.2, 0.25) is 0 Å². The predicted molar refractivity (Wildman–Crippen MR) is 205 cm³/mol. The van der Waals surface area contributed by atoms with E-state index >= 15 is 0 Å². The minimum atomic E-state index is -0.562. The first kappa shape index (κ1) is 43.3. The van der Waals surface area contributed by atoms with E-state index in [9.17, 15) is 32.8 Å². The number of rotatable bonds is 12. The van der Waals surface area contributed by atoms with Gasteiger partial charge in [-0.1, -0.05) is 15.9 Å². The van der Waals surface area contributed by atoms with Crippen molar-refractivity contribution >= 4 is 39.7 Å². The zero-order chi connectivity index (χ0) is 40.5. The van der Waals surface area contributed by atoms with Crippen LogP contribution in [0.15, 0.2) is 52.9 Å². The first-order valence-corrected chi connectivity index (χ1v) is 19.6. The maximum Gasteiger partial charge on any atom is 0.306 e. The number of carbonyl (C=O) groups is 4. The zero-order valence-electron chi connectivity index (χ0n) is 32.3. The fourth-order valence-electron chi connectivity index (χ4n) is 5.65. The molecule has 0 aromatic carbocycles. The number of alkyl halides is 1. The van der Waals surface area contributed by atoms with Gasteiger partial charge in [-0.2, -0.15) is 0 Å². The van der Waals surface area contributed by atoms with Gasteiger partial charge < -0.3 is 29.0 Å². The number of aromatic nitrogens is 2. The number of fused-ring (bicyclic) bond motifs is 2. The smallest absolute Gasteiger partial charge is 0.306 e. The Hall–Kier alpha value is -4.40. The van der Waals surface area contributed by atoms with Crippen molar-refractivity contribution in [2.24, 2.45) is 0 Å². The number of carbonyl (C=O) groups excluding carboxylic acids is 4. The Bertz CT molecular complexity index is 1840. The summed E-state index contributed by atoms with van der Waals surface area (Å²) in [6.45, 7) is 11.8. The van der Waals surface area contributed by atoms with Gasteiger partial charge in [-0.3, -0.25) is 24.0 Å². The summed E-state index contributed by atoms with van der Waals surface area (Å²) in [5, 5.41) is 0.451. The maximum atomic E-state index is 13.1. The van der Waals surface area contributed by atoms with E-state index in [4.69, 9.17) is 14.2 Å². The van der Waals surface area contributed by atoms with Crippen molar-refractivity contribution in [3.63, 3.8) is 0 Å². The molecule has 0 radical (unpaired) electrons. The van der Waals surface area contributed by atoms with Gasteiger partial charge in [0.05, 0.1) is 48.3 Å². The van der Waals surface area contributed by atoms with Crippen molar-refractivity contribution in [2.45, 2.75) is 129 Å². The highest BCUT2D eigenvalue weighted by atomic mass is 79.9. The molecule has 4 heterocycles. The van der Waals surface area contributed by atoms with E-state index in [-0.39, 0.29) is 55.2 Å². The summed E-state index contributed by atoms with van der Waals surface area (Å²) >= 11 is 3.13. The first-order chi connectivity index (χ1) is 25.9. The lowest BCUT2D eigenvalue weighted by molar-refractivity contribution is -0.155. The van der Waals surface area contributed by atoms with Gasteiger partial charge in [0.15, 0.2) is 0 Å². The van der Waals surface area contributed by atoms with Crippen molar-refractivity contribution in [3.8, 4) is 5.88 Å². The van der Waals surface area contributed by atoms with Gasteiger partial charge in [0.1, 0.15) is 17.8 Å². The molecule has 2 fully saturated rings. The lowest BCUT2D eigenvalue weighted by Crippen LogP contribution is -2.25. The molecule has 0 saturated heterocycles. The molecule has 2 aliphatic heterocycles. The Kier molecular flexibility index (Phi) is 14.9. The molecule has 0 bridgehead atoms. The molecular formula is C40H51BrF2N4O8. The summed E-state index contributed by atoms with van der Waals surface area (Å²) in [4.78, 5) is 68.9. The SMILES string of the molecule is CC(C)(C)OC(=O)CC/C(=C/F)CBr.CC(C)(C)OC(=O)CC/C(=C/F)COc1ccc2c(n1)CN(C1CC1)C2=O.O=C1c2ccc(=O)[nH]c2CN1C1CC1. The van der Waals surface area contributed by atoms with Crippen LogP contribution in [0.25, 0.3) is 0 Å². The lowest BCUT2D eigenvalue weighted by Gasteiger charge is -2.19. The summed E-state index contributed by atoms with van der Waals surface area (Å²) in [6.07, 6.45) is 6.19. The quantitative estimate of drug-likeness (QED) is 0.171. The van der Waals surface area contributed by atoms with Crippen LogP contribution in [0, 0.1) is 0 Å². The first-order valence-electron chi connectivity index (χ1n) is 18.4. The highest BCUT2D eigenvalue weighted by Crippen LogP contribution is 2.35. The van der Waals surface area contributed by atoms with Gasteiger partial charge in [0, 0.05) is 42.4 Å². The zero-order valence-corrected chi connectivity index (χ0v) is 33.9. The van der Waals surface area contributed by atoms with E-state index in [1.807, 2.05) is 9.80 Å². The van der Waals surface area contributed by atoms with Crippen molar-refractivity contribution in [2.75, 3.05) is 11.9 Å². The normalized spacial score (nSPS) is 16.7. The number of halogens is 3.